The van der Waals surface area contributed by atoms with Gasteiger partial charge in [0.05, 0.1) is 29.0 Å². The number of nitrogens with zero attached hydrogens (tertiary/aromatic N) is 1. The zero-order valence-electron chi connectivity index (χ0n) is 15.4. The van der Waals surface area contributed by atoms with E-state index in [2.05, 4.69) is 20.0 Å². The lowest BCUT2D eigenvalue weighted by Crippen LogP contribution is -2.30. The van der Waals surface area contributed by atoms with Gasteiger partial charge in [-0.25, -0.2) is 9.78 Å². The van der Waals surface area contributed by atoms with Crippen molar-refractivity contribution in [2.45, 2.75) is 30.8 Å². The fraction of sp³-hybridized carbons (Fsp3) is 0.250. The number of hydrogen-bond donors (Lipinski definition) is 2. The first-order valence-corrected chi connectivity index (χ1v) is 9.42. The summed E-state index contributed by atoms with van der Waals surface area (Å²) in [6.07, 6.45) is 0. The van der Waals surface area contributed by atoms with Crippen LogP contribution in [0.3, 0.4) is 0 Å². The average molecular weight is 383 g/mol. The van der Waals surface area contributed by atoms with Gasteiger partial charge in [0.15, 0.2) is 5.16 Å². The van der Waals surface area contributed by atoms with Crippen molar-refractivity contribution in [3.8, 4) is 0 Å². The second-order valence-corrected chi connectivity index (χ2v) is 7.56. The summed E-state index contributed by atoms with van der Waals surface area (Å²) >= 11 is 1.39. The van der Waals surface area contributed by atoms with E-state index in [0.29, 0.717) is 12.1 Å². The summed E-state index contributed by atoms with van der Waals surface area (Å²) in [5, 5.41) is 3.34. The Morgan fingerprint density at radius 2 is 1.96 bits per heavy atom. The van der Waals surface area contributed by atoms with E-state index >= 15 is 0 Å². The Labute approximate surface area is 161 Å². The number of benzene rings is 2. The number of esters is 1. The van der Waals surface area contributed by atoms with E-state index < -0.39 is 0 Å². The number of amides is 1. The molecule has 3 aromatic rings. The molecule has 1 amide bonds. The Balaban J connectivity index is 1.56. The molecule has 0 spiro atoms. The highest BCUT2D eigenvalue weighted by Gasteiger charge is 2.16. The summed E-state index contributed by atoms with van der Waals surface area (Å²) in [5.41, 5.74) is 4.41. The zero-order valence-corrected chi connectivity index (χ0v) is 16.2. The number of ether oxygens (including phenoxy) is 1. The molecule has 0 aliphatic heterocycles. The van der Waals surface area contributed by atoms with Gasteiger partial charge in [-0.15, -0.1) is 0 Å². The van der Waals surface area contributed by atoms with Gasteiger partial charge in [-0.2, -0.15) is 0 Å². The number of methoxy groups -OCH3 is 1. The van der Waals surface area contributed by atoms with Crippen LogP contribution in [0.25, 0.3) is 11.0 Å². The molecule has 0 bridgehead atoms. The van der Waals surface area contributed by atoms with Gasteiger partial charge >= 0.3 is 5.97 Å². The monoisotopic (exact) mass is 383 g/mol. The van der Waals surface area contributed by atoms with E-state index in [0.717, 1.165) is 27.3 Å². The minimum Gasteiger partial charge on any atom is -0.465 e. The van der Waals surface area contributed by atoms with Crippen LogP contribution < -0.4 is 5.32 Å². The molecule has 27 heavy (non-hydrogen) atoms. The maximum absolute atomic E-state index is 12.4. The Kier molecular flexibility index (Phi) is 5.81. The van der Waals surface area contributed by atoms with E-state index in [4.69, 9.17) is 0 Å². The molecular formula is C20H21N3O3S. The molecule has 0 saturated heterocycles. The Hall–Kier alpha value is -2.80. The maximum atomic E-state index is 12.4. The van der Waals surface area contributed by atoms with Crippen molar-refractivity contribution in [3.63, 3.8) is 0 Å². The van der Waals surface area contributed by atoms with Gasteiger partial charge in [0.25, 0.3) is 0 Å². The second kappa shape index (κ2) is 8.26. The smallest absolute Gasteiger partial charge is 0.337 e. The van der Waals surface area contributed by atoms with Crippen molar-refractivity contribution in [2.75, 3.05) is 7.11 Å². The minimum atomic E-state index is -0.378. The number of imidazole rings is 1. The molecule has 0 aliphatic carbocycles. The zero-order chi connectivity index (χ0) is 19.4. The average Bonchev–Trinajstić information content (AvgIpc) is 3.07. The fourth-order valence-corrected chi connectivity index (χ4v) is 3.43. The van der Waals surface area contributed by atoms with Gasteiger partial charge in [0.2, 0.25) is 5.91 Å². The molecule has 7 heteroatoms. The Morgan fingerprint density at radius 3 is 2.67 bits per heavy atom. The van der Waals surface area contributed by atoms with Crippen LogP contribution in [-0.2, 0) is 16.1 Å². The summed E-state index contributed by atoms with van der Waals surface area (Å²) in [6.45, 7) is 4.27. The number of H-pyrrole nitrogens is 1. The van der Waals surface area contributed by atoms with E-state index in [1.165, 1.54) is 18.9 Å². The van der Waals surface area contributed by atoms with E-state index in [1.807, 2.05) is 32.0 Å². The van der Waals surface area contributed by atoms with Crippen molar-refractivity contribution < 1.29 is 14.3 Å². The fourth-order valence-electron chi connectivity index (χ4n) is 2.59. The first kappa shape index (κ1) is 19.0. The van der Waals surface area contributed by atoms with Crippen LogP contribution in [0.2, 0.25) is 0 Å². The number of fused-ring (bicyclic) bond motifs is 1. The van der Waals surface area contributed by atoms with Crippen molar-refractivity contribution in [2.24, 2.45) is 0 Å². The third-order valence-corrected chi connectivity index (χ3v) is 5.10. The van der Waals surface area contributed by atoms with E-state index in [9.17, 15) is 9.59 Å². The van der Waals surface area contributed by atoms with Crippen LogP contribution in [0.1, 0.15) is 28.4 Å². The Morgan fingerprint density at radius 1 is 1.22 bits per heavy atom. The van der Waals surface area contributed by atoms with Crippen LogP contribution in [0.4, 0.5) is 0 Å². The summed E-state index contributed by atoms with van der Waals surface area (Å²) in [4.78, 5) is 31.6. The molecule has 0 fully saturated rings. The van der Waals surface area contributed by atoms with Crippen LogP contribution in [-0.4, -0.2) is 34.2 Å². The largest absolute Gasteiger partial charge is 0.465 e. The topological polar surface area (TPSA) is 84.1 Å². The molecule has 0 saturated carbocycles. The molecule has 1 aromatic heterocycles. The second-order valence-electron chi connectivity index (χ2n) is 6.23. The SMILES string of the molecule is COC(=O)c1ccc(CNC(=O)C(C)Sc2nc3ccc(C)cc3[nH]2)cc1. The number of rotatable bonds is 6. The Bertz CT molecular complexity index is 966. The lowest BCUT2D eigenvalue weighted by Gasteiger charge is -2.11. The predicted molar refractivity (Wildman–Crippen MR) is 106 cm³/mol. The quantitative estimate of drug-likeness (QED) is 0.503. The van der Waals surface area contributed by atoms with Crippen LogP contribution in [0.5, 0.6) is 0 Å². The maximum Gasteiger partial charge on any atom is 0.337 e. The van der Waals surface area contributed by atoms with Crippen molar-refractivity contribution in [3.05, 3.63) is 59.2 Å². The number of aromatic nitrogens is 2. The predicted octanol–water partition coefficient (Wildman–Crippen LogP) is 3.45. The molecule has 1 heterocycles. The third-order valence-electron chi connectivity index (χ3n) is 4.12. The van der Waals surface area contributed by atoms with E-state index in [-0.39, 0.29) is 17.1 Å². The molecule has 1 atom stereocenters. The molecule has 2 N–H and O–H groups in total. The number of hydrogen-bond acceptors (Lipinski definition) is 5. The number of aryl methyl sites for hydroxylation is 1. The lowest BCUT2D eigenvalue weighted by molar-refractivity contribution is -0.120. The van der Waals surface area contributed by atoms with Gasteiger partial charge in [0, 0.05) is 6.54 Å². The molecule has 0 radical (unpaired) electrons. The number of thioether (sulfide) groups is 1. The van der Waals surface area contributed by atoms with Gasteiger partial charge in [0.1, 0.15) is 0 Å². The van der Waals surface area contributed by atoms with Gasteiger partial charge in [-0.1, -0.05) is 30.0 Å². The van der Waals surface area contributed by atoms with Crippen molar-refractivity contribution >= 4 is 34.7 Å². The van der Waals surface area contributed by atoms with Crippen LogP contribution in [0, 0.1) is 6.92 Å². The summed E-state index contributed by atoms with van der Waals surface area (Å²) in [6, 6.07) is 13.0. The molecule has 2 aromatic carbocycles. The standard InChI is InChI=1S/C20H21N3O3S/c1-12-4-9-16-17(10-12)23-20(22-16)27-13(2)18(24)21-11-14-5-7-15(8-6-14)19(25)26-3/h4-10,13H,11H2,1-3H3,(H,21,24)(H,22,23). The first-order valence-electron chi connectivity index (χ1n) is 8.54. The highest BCUT2D eigenvalue weighted by molar-refractivity contribution is 8.00. The molecule has 0 aliphatic rings. The molecule has 140 valence electrons. The highest BCUT2D eigenvalue weighted by Crippen LogP contribution is 2.24. The lowest BCUT2D eigenvalue weighted by atomic mass is 10.1. The first-order chi connectivity index (χ1) is 13.0. The summed E-state index contributed by atoms with van der Waals surface area (Å²) in [7, 11) is 1.35. The number of carbonyl (C=O) groups is 2. The summed E-state index contributed by atoms with van der Waals surface area (Å²) < 4.78 is 4.67. The number of carbonyl (C=O) groups excluding carboxylic acids is 2. The number of nitrogens with one attached hydrogen (secondary N) is 2. The number of aromatic amines is 1. The van der Waals surface area contributed by atoms with Crippen LogP contribution in [0.15, 0.2) is 47.6 Å². The minimum absolute atomic E-state index is 0.0753. The highest BCUT2D eigenvalue weighted by atomic mass is 32.2. The van der Waals surface area contributed by atoms with Crippen molar-refractivity contribution in [1.29, 1.82) is 0 Å². The van der Waals surface area contributed by atoms with Crippen molar-refractivity contribution in [1.82, 2.24) is 15.3 Å². The molecule has 6 nitrogen and oxygen atoms in total. The van der Waals surface area contributed by atoms with Gasteiger partial charge in [-0.05, 0) is 49.2 Å². The van der Waals surface area contributed by atoms with Crippen LogP contribution >= 0.6 is 11.8 Å². The van der Waals surface area contributed by atoms with Gasteiger partial charge in [-0.3, -0.25) is 4.79 Å². The summed E-state index contributed by atoms with van der Waals surface area (Å²) in [5.74, 6) is -0.453. The third kappa shape index (κ3) is 4.68. The molecular weight excluding hydrogens is 362 g/mol. The van der Waals surface area contributed by atoms with E-state index in [1.54, 1.807) is 24.3 Å². The van der Waals surface area contributed by atoms with Gasteiger partial charge < -0.3 is 15.0 Å². The normalized spacial score (nSPS) is 12.0. The molecule has 1 unspecified atom stereocenters. The molecule has 3 rings (SSSR count).